The van der Waals surface area contributed by atoms with Gasteiger partial charge < -0.3 is 4.90 Å². The van der Waals surface area contributed by atoms with Gasteiger partial charge in [0.05, 0.1) is 0 Å². The van der Waals surface area contributed by atoms with Gasteiger partial charge in [-0.15, -0.1) is 5.10 Å². The van der Waals surface area contributed by atoms with Crippen LogP contribution in [0.2, 0.25) is 0 Å². The van der Waals surface area contributed by atoms with Crippen molar-refractivity contribution in [3.8, 4) is 0 Å². The Morgan fingerprint density at radius 3 is 2.56 bits per heavy atom. The van der Waals surface area contributed by atoms with Gasteiger partial charge in [-0.05, 0) is 32.6 Å². The van der Waals surface area contributed by atoms with Crippen molar-refractivity contribution in [1.82, 2.24) is 20.1 Å². The molecular weight excluding hydrogens is 228 g/mol. The molecule has 5 heteroatoms. The highest BCUT2D eigenvalue weighted by Gasteiger charge is 2.29. The molecule has 18 heavy (non-hydrogen) atoms. The Balaban J connectivity index is 2.10. The molecule has 5 nitrogen and oxygen atoms in total. The van der Waals surface area contributed by atoms with Crippen LogP contribution in [0.25, 0.3) is 0 Å². The van der Waals surface area contributed by atoms with Crippen LogP contribution in [0, 0.1) is 5.92 Å². The van der Waals surface area contributed by atoms with E-state index in [1.807, 2.05) is 18.7 Å². The van der Waals surface area contributed by atoms with E-state index in [-0.39, 0.29) is 11.9 Å². The third kappa shape index (κ3) is 2.89. The van der Waals surface area contributed by atoms with Crippen molar-refractivity contribution < 1.29 is 4.79 Å². The van der Waals surface area contributed by atoms with Crippen LogP contribution >= 0.6 is 0 Å². The van der Waals surface area contributed by atoms with Crippen molar-refractivity contribution in [1.29, 1.82) is 0 Å². The van der Waals surface area contributed by atoms with E-state index in [1.54, 1.807) is 0 Å². The molecule has 1 heterocycles. The first-order chi connectivity index (χ1) is 8.49. The van der Waals surface area contributed by atoms with E-state index in [2.05, 4.69) is 29.0 Å². The molecule has 2 rings (SSSR count). The number of rotatable bonds is 5. The molecule has 0 atom stereocenters. The third-order valence-corrected chi connectivity index (χ3v) is 3.10. The molecule has 0 aromatic carbocycles. The number of hydrogen-bond donors (Lipinski definition) is 1. The minimum absolute atomic E-state index is 0.0677. The minimum atomic E-state index is -0.0677. The lowest BCUT2D eigenvalue weighted by atomic mass is 10.1. The molecule has 0 bridgehead atoms. The fourth-order valence-electron chi connectivity index (χ4n) is 1.96. The summed E-state index contributed by atoms with van der Waals surface area (Å²) in [5, 5.41) is 6.95. The average Bonchev–Trinajstić information content (AvgIpc) is 3.03. The summed E-state index contributed by atoms with van der Waals surface area (Å²) in [5.41, 5.74) is 0. The highest BCUT2D eigenvalue weighted by molar-refractivity contribution is 5.90. The normalized spacial score (nSPS) is 15.4. The van der Waals surface area contributed by atoms with Crippen molar-refractivity contribution in [2.75, 3.05) is 6.54 Å². The minimum Gasteiger partial charge on any atom is -0.333 e. The summed E-state index contributed by atoms with van der Waals surface area (Å²) in [7, 11) is 0. The van der Waals surface area contributed by atoms with Gasteiger partial charge >= 0.3 is 0 Å². The molecule has 1 amide bonds. The maximum absolute atomic E-state index is 12.4. The van der Waals surface area contributed by atoms with E-state index in [9.17, 15) is 4.79 Å². The van der Waals surface area contributed by atoms with Crippen LogP contribution in [0.15, 0.2) is 0 Å². The van der Waals surface area contributed by atoms with Crippen LogP contribution in [-0.2, 0) is 0 Å². The van der Waals surface area contributed by atoms with Crippen molar-refractivity contribution in [2.45, 2.75) is 52.5 Å². The van der Waals surface area contributed by atoms with Gasteiger partial charge in [0, 0.05) is 18.5 Å². The maximum Gasteiger partial charge on any atom is 0.293 e. The number of H-pyrrole nitrogens is 1. The van der Waals surface area contributed by atoms with Gasteiger partial charge in [0.15, 0.2) is 0 Å². The second kappa shape index (κ2) is 5.08. The fourth-order valence-corrected chi connectivity index (χ4v) is 1.96. The molecule has 1 aromatic rings. The van der Waals surface area contributed by atoms with E-state index in [4.69, 9.17) is 0 Å². The molecule has 1 aromatic heterocycles. The Morgan fingerprint density at radius 2 is 2.06 bits per heavy atom. The molecule has 1 aliphatic rings. The smallest absolute Gasteiger partial charge is 0.293 e. The van der Waals surface area contributed by atoms with Crippen LogP contribution in [0.4, 0.5) is 0 Å². The van der Waals surface area contributed by atoms with Gasteiger partial charge in [0.25, 0.3) is 5.91 Å². The Labute approximate surface area is 108 Å². The van der Waals surface area contributed by atoms with Gasteiger partial charge in [0.1, 0.15) is 5.82 Å². The first-order valence-corrected chi connectivity index (χ1v) is 6.72. The van der Waals surface area contributed by atoms with E-state index >= 15 is 0 Å². The first-order valence-electron chi connectivity index (χ1n) is 6.72. The molecular formula is C13H22N4O. The number of aromatic amines is 1. The number of amides is 1. The molecule has 1 aliphatic carbocycles. The van der Waals surface area contributed by atoms with Gasteiger partial charge in [-0.1, -0.05) is 13.8 Å². The van der Waals surface area contributed by atoms with Gasteiger partial charge in [-0.3, -0.25) is 9.89 Å². The summed E-state index contributed by atoms with van der Waals surface area (Å²) in [4.78, 5) is 18.5. The topological polar surface area (TPSA) is 61.9 Å². The number of nitrogens with zero attached hydrogens (tertiary/aromatic N) is 3. The Morgan fingerprint density at radius 1 is 1.39 bits per heavy atom. The summed E-state index contributed by atoms with van der Waals surface area (Å²) in [6.45, 7) is 9.00. The number of aromatic nitrogens is 3. The van der Waals surface area contributed by atoms with E-state index in [0.29, 0.717) is 17.7 Å². The van der Waals surface area contributed by atoms with Crippen molar-refractivity contribution >= 4 is 5.91 Å². The largest absolute Gasteiger partial charge is 0.333 e. The van der Waals surface area contributed by atoms with Gasteiger partial charge in [-0.25, -0.2) is 4.98 Å². The summed E-state index contributed by atoms with van der Waals surface area (Å²) in [6.07, 6.45) is 2.31. The summed E-state index contributed by atoms with van der Waals surface area (Å²) < 4.78 is 0. The molecule has 0 spiro atoms. The summed E-state index contributed by atoms with van der Waals surface area (Å²) in [5.74, 6) is 2.05. The van der Waals surface area contributed by atoms with Crippen LogP contribution in [0.5, 0.6) is 0 Å². The summed E-state index contributed by atoms with van der Waals surface area (Å²) in [6, 6.07) is 0.169. The monoisotopic (exact) mass is 250 g/mol. The SMILES string of the molecule is CC(C)CN(C(=O)c1n[nH]c(C2CC2)n1)C(C)C. The number of nitrogens with one attached hydrogen (secondary N) is 1. The standard InChI is InChI=1S/C13H22N4O/c1-8(2)7-17(9(3)4)13(18)12-14-11(15-16-12)10-5-6-10/h8-10H,5-7H2,1-4H3,(H,14,15,16). The Bertz CT molecular complexity index is 420. The quantitative estimate of drug-likeness (QED) is 0.871. The van der Waals surface area contributed by atoms with Crippen LogP contribution in [0.3, 0.4) is 0 Å². The summed E-state index contributed by atoms with van der Waals surface area (Å²) >= 11 is 0. The zero-order chi connectivity index (χ0) is 13.3. The maximum atomic E-state index is 12.4. The van der Waals surface area contributed by atoms with E-state index in [1.165, 1.54) is 0 Å². The molecule has 0 saturated heterocycles. The molecule has 1 N–H and O–H groups in total. The third-order valence-electron chi connectivity index (χ3n) is 3.10. The zero-order valence-electron chi connectivity index (χ0n) is 11.6. The molecule has 0 aliphatic heterocycles. The van der Waals surface area contributed by atoms with Crippen LogP contribution in [0.1, 0.15) is 62.9 Å². The molecule has 1 saturated carbocycles. The van der Waals surface area contributed by atoms with Gasteiger partial charge in [0.2, 0.25) is 5.82 Å². The molecule has 1 fully saturated rings. The van der Waals surface area contributed by atoms with Crippen molar-refractivity contribution in [2.24, 2.45) is 5.92 Å². The predicted octanol–water partition coefficient (Wildman–Crippen LogP) is 2.19. The first kappa shape index (κ1) is 13.1. The lowest BCUT2D eigenvalue weighted by Crippen LogP contribution is -2.40. The van der Waals surface area contributed by atoms with E-state index < -0.39 is 0 Å². The number of hydrogen-bond acceptors (Lipinski definition) is 3. The highest BCUT2D eigenvalue weighted by Crippen LogP contribution is 2.37. The second-order valence-corrected chi connectivity index (χ2v) is 5.76. The molecule has 0 unspecified atom stereocenters. The number of carbonyl (C=O) groups is 1. The van der Waals surface area contributed by atoms with Crippen LogP contribution in [-0.4, -0.2) is 38.6 Å². The van der Waals surface area contributed by atoms with Crippen molar-refractivity contribution in [3.63, 3.8) is 0 Å². The average molecular weight is 250 g/mol. The van der Waals surface area contributed by atoms with E-state index in [0.717, 1.165) is 25.2 Å². The van der Waals surface area contributed by atoms with Crippen molar-refractivity contribution in [3.05, 3.63) is 11.6 Å². The lowest BCUT2D eigenvalue weighted by molar-refractivity contribution is 0.0669. The number of carbonyl (C=O) groups excluding carboxylic acids is 1. The van der Waals surface area contributed by atoms with Gasteiger partial charge in [-0.2, -0.15) is 0 Å². The lowest BCUT2D eigenvalue weighted by Gasteiger charge is -2.27. The fraction of sp³-hybridized carbons (Fsp3) is 0.769. The Hall–Kier alpha value is -1.39. The highest BCUT2D eigenvalue weighted by atomic mass is 16.2. The van der Waals surface area contributed by atoms with Crippen LogP contribution < -0.4 is 0 Å². The Kier molecular flexibility index (Phi) is 3.68. The molecule has 0 radical (unpaired) electrons. The second-order valence-electron chi connectivity index (χ2n) is 5.76. The molecule has 100 valence electrons. The predicted molar refractivity (Wildman–Crippen MR) is 69.4 cm³/mol. The zero-order valence-corrected chi connectivity index (χ0v) is 11.6.